The van der Waals surface area contributed by atoms with Gasteiger partial charge in [0.2, 0.25) is 0 Å². The van der Waals surface area contributed by atoms with Crippen LogP contribution >= 0.6 is 0 Å². The fourth-order valence-corrected chi connectivity index (χ4v) is 2.43. The van der Waals surface area contributed by atoms with E-state index in [1.807, 2.05) is 13.0 Å². The van der Waals surface area contributed by atoms with Gasteiger partial charge in [-0.2, -0.15) is 10.1 Å². The zero-order valence-corrected chi connectivity index (χ0v) is 11.0. The van der Waals surface area contributed by atoms with Crippen LogP contribution < -0.4 is 0 Å². The highest BCUT2D eigenvalue weighted by molar-refractivity contribution is 5.46. The lowest BCUT2D eigenvalue weighted by molar-refractivity contribution is 0.181. The molecule has 2 heterocycles. The third-order valence-corrected chi connectivity index (χ3v) is 4.05. The van der Waals surface area contributed by atoms with E-state index in [2.05, 4.69) is 34.2 Å². The van der Waals surface area contributed by atoms with E-state index in [1.165, 1.54) is 19.3 Å². The van der Waals surface area contributed by atoms with Gasteiger partial charge in [-0.3, -0.25) is 5.10 Å². The number of nitrogens with one attached hydrogen (secondary N) is 1. The van der Waals surface area contributed by atoms with Crippen LogP contribution in [0.15, 0.2) is 10.6 Å². The van der Waals surface area contributed by atoms with Gasteiger partial charge in [0, 0.05) is 11.1 Å². The summed E-state index contributed by atoms with van der Waals surface area (Å²) in [6, 6.07) is 1.91. The van der Waals surface area contributed by atoms with Gasteiger partial charge < -0.3 is 4.52 Å². The van der Waals surface area contributed by atoms with E-state index in [4.69, 9.17) is 4.52 Å². The van der Waals surface area contributed by atoms with Crippen LogP contribution in [0.2, 0.25) is 0 Å². The van der Waals surface area contributed by atoms with Crippen LogP contribution in [0.25, 0.3) is 11.6 Å². The first-order chi connectivity index (χ1) is 8.57. The number of aromatic nitrogens is 4. The Morgan fingerprint density at radius 3 is 2.72 bits per heavy atom. The van der Waals surface area contributed by atoms with Gasteiger partial charge in [-0.15, -0.1) is 0 Å². The van der Waals surface area contributed by atoms with Gasteiger partial charge in [0.1, 0.15) is 0 Å². The molecule has 1 aliphatic carbocycles. The predicted octanol–water partition coefficient (Wildman–Crippen LogP) is 2.85. The fraction of sp³-hybridized carbons (Fsp3) is 0.615. The second-order valence-corrected chi connectivity index (χ2v) is 5.71. The monoisotopic (exact) mass is 246 g/mol. The summed E-state index contributed by atoms with van der Waals surface area (Å²) in [6.07, 6.45) is 3.84. The average molecular weight is 246 g/mol. The Morgan fingerprint density at radius 2 is 2.17 bits per heavy atom. The zero-order chi connectivity index (χ0) is 12.8. The van der Waals surface area contributed by atoms with Crippen molar-refractivity contribution in [2.24, 2.45) is 5.92 Å². The maximum absolute atomic E-state index is 5.33. The quantitative estimate of drug-likeness (QED) is 0.904. The van der Waals surface area contributed by atoms with Crippen molar-refractivity contribution in [3.63, 3.8) is 0 Å². The van der Waals surface area contributed by atoms with Gasteiger partial charge in [-0.05, 0) is 31.7 Å². The highest BCUT2D eigenvalue weighted by Gasteiger charge is 2.39. The molecular formula is C13H18N4O. The molecule has 96 valence electrons. The lowest BCUT2D eigenvalue weighted by atomic mass is 9.67. The number of rotatable bonds is 3. The summed E-state index contributed by atoms with van der Waals surface area (Å²) in [5, 5.41) is 11.2. The van der Waals surface area contributed by atoms with Gasteiger partial charge in [0.25, 0.3) is 5.89 Å². The van der Waals surface area contributed by atoms with E-state index in [0.29, 0.717) is 11.8 Å². The molecule has 0 aromatic carbocycles. The Hall–Kier alpha value is -1.65. The number of aryl methyl sites for hydroxylation is 1. The minimum Gasteiger partial charge on any atom is -0.332 e. The standard InChI is InChI=1S/C13H18N4O/c1-8-7-10(16-15-8)11-14-12(17-18-11)13(2,3)9-5-4-6-9/h7,9H,4-6H2,1-3H3,(H,15,16). The summed E-state index contributed by atoms with van der Waals surface area (Å²) in [4.78, 5) is 4.51. The molecule has 1 aliphatic rings. The van der Waals surface area contributed by atoms with Gasteiger partial charge >= 0.3 is 0 Å². The van der Waals surface area contributed by atoms with Crippen molar-refractivity contribution in [3.05, 3.63) is 17.6 Å². The van der Waals surface area contributed by atoms with Gasteiger partial charge in [0.05, 0.1) is 0 Å². The molecule has 0 spiro atoms. The molecule has 1 saturated carbocycles. The summed E-state index contributed by atoms with van der Waals surface area (Å²) < 4.78 is 5.33. The van der Waals surface area contributed by atoms with Crippen LogP contribution in [0.1, 0.15) is 44.6 Å². The fourth-order valence-electron chi connectivity index (χ4n) is 2.43. The first-order valence-electron chi connectivity index (χ1n) is 6.44. The van der Waals surface area contributed by atoms with Crippen LogP contribution in [0.5, 0.6) is 0 Å². The third kappa shape index (κ3) is 1.74. The van der Waals surface area contributed by atoms with Crippen molar-refractivity contribution in [3.8, 4) is 11.6 Å². The van der Waals surface area contributed by atoms with Crippen LogP contribution in [0.3, 0.4) is 0 Å². The molecule has 5 nitrogen and oxygen atoms in total. The average Bonchev–Trinajstić information content (AvgIpc) is 2.81. The number of hydrogen-bond acceptors (Lipinski definition) is 4. The van der Waals surface area contributed by atoms with E-state index in [-0.39, 0.29) is 5.41 Å². The molecule has 2 aromatic rings. The maximum atomic E-state index is 5.33. The molecule has 1 N–H and O–H groups in total. The minimum atomic E-state index is -0.00858. The predicted molar refractivity (Wildman–Crippen MR) is 67.0 cm³/mol. The van der Waals surface area contributed by atoms with Gasteiger partial charge in [-0.1, -0.05) is 25.4 Å². The number of nitrogens with zero attached hydrogens (tertiary/aromatic N) is 3. The Bertz CT molecular complexity index is 551. The molecule has 0 atom stereocenters. The van der Waals surface area contributed by atoms with Gasteiger partial charge in [0.15, 0.2) is 11.5 Å². The summed E-state index contributed by atoms with van der Waals surface area (Å²) in [5.41, 5.74) is 1.70. The molecule has 0 aliphatic heterocycles. The molecule has 18 heavy (non-hydrogen) atoms. The lowest BCUT2D eigenvalue weighted by Crippen LogP contribution is -2.34. The molecule has 2 aromatic heterocycles. The Balaban J connectivity index is 1.89. The molecule has 0 amide bonds. The molecule has 0 saturated heterocycles. The van der Waals surface area contributed by atoms with Crippen molar-refractivity contribution in [2.45, 2.75) is 45.4 Å². The normalized spacial score (nSPS) is 16.8. The number of hydrogen-bond donors (Lipinski definition) is 1. The van der Waals surface area contributed by atoms with Crippen molar-refractivity contribution >= 4 is 0 Å². The SMILES string of the molecule is Cc1cc(-c2nc(C(C)(C)C3CCC3)no2)n[nH]1. The lowest BCUT2D eigenvalue weighted by Gasteiger charge is -2.37. The highest BCUT2D eigenvalue weighted by Crippen LogP contribution is 2.42. The van der Waals surface area contributed by atoms with Crippen molar-refractivity contribution < 1.29 is 4.52 Å². The smallest absolute Gasteiger partial charge is 0.278 e. The van der Waals surface area contributed by atoms with Crippen LogP contribution in [-0.2, 0) is 5.41 Å². The molecule has 5 heteroatoms. The summed E-state index contributed by atoms with van der Waals surface area (Å²) in [7, 11) is 0. The summed E-state index contributed by atoms with van der Waals surface area (Å²) >= 11 is 0. The molecule has 1 fully saturated rings. The zero-order valence-electron chi connectivity index (χ0n) is 11.0. The second kappa shape index (κ2) is 3.93. The van der Waals surface area contributed by atoms with Crippen LogP contribution in [0.4, 0.5) is 0 Å². The Labute approximate surface area is 106 Å². The summed E-state index contributed by atoms with van der Waals surface area (Å²) in [5.74, 6) is 1.97. The van der Waals surface area contributed by atoms with E-state index in [9.17, 15) is 0 Å². The Morgan fingerprint density at radius 1 is 1.39 bits per heavy atom. The van der Waals surface area contributed by atoms with Crippen molar-refractivity contribution in [2.75, 3.05) is 0 Å². The second-order valence-electron chi connectivity index (χ2n) is 5.71. The molecular weight excluding hydrogens is 228 g/mol. The Kier molecular flexibility index (Phi) is 2.50. The van der Waals surface area contributed by atoms with E-state index < -0.39 is 0 Å². The van der Waals surface area contributed by atoms with E-state index >= 15 is 0 Å². The minimum absolute atomic E-state index is 0.00858. The third-order valence-electron chi connectivity index (χ3n) is 4.05. The first-order valence-corrected chi connectivity index (χ1v) is 6.44. The molecule has 0 unspecified atom stereocenters. The molecule has 0 radical (unpaired) electrons. The van der Waals surface area contributed by atoms with Crippen molar-refractivity contribution in [1.82, 2.24) is 20.3 Å². The van der Waals surface area contributed by atoms with E-state index in [1.54, 1.807) is 0 Å². The summed E-state index contributed by atoms with van der Waals surface area (Å²) in [6.45, 7) is 6.34. The topological polar surface area (TPSA) is 67.6 Å². The number of H-pyrrole nitrogens is 1. The first kappa shape index (κ1) is 11.4. The van der Waals surface area contributed by atoms with Crippen LogP contribution in [-0.4, -0.2) is 20.3 Å². The van der Waals surface area contributed by atoms with Gasteiger partial charge in [-0.25, -0.2) is 0 Å². The highest BCUT2D eigenvalue weighted by atomic mass is 16.5. The van der Waals surface area contributed by atoms with E-state index in [0.717, 1.165) is 17.2 Å². The van der Waals surface area contributed by atoms with Crippen molar-refractivity contribution in [1.29, 1.82) is 0 Å². The molecule has 0 bridgehead atoms. The van der Waals surface area contributed by atoms with Crippen LogP contribution in [0, 0.1) is 12.8 Å². The maximum Gasteiger partial charge on any atom is 0.278 e. The largest absolute Gasteiger partial charge is 0.332 e. The molecule has 3 rings (SSSR count). The number of aromatic amines is 1.